The highest BCUT2D eigenvalue weighted by atomic mass is 32.1. The zero-order valence-electron chi connectivity index (χ0n) is 10.6. The summed E-state index contributed by atoms with van der Waals surface area (Å²) in [6, 6.07) is 6.15. The zero-order valence-corrected chi connectivity index (χ0v) is 11.4. The molecule has 0 fully saturated rings. The molecule has 0 N–H and O–H groups in total. The lowest BCUT2D eigenvalue weighted by Crippen LogP contribution is -2.16. The molecule has 0 radical (unpaired) electrons. The molecule has 1 heterocycles. The van der Waals surface area contributed by atoms with Gasteiger partial charge in [-0.2, -0.15) is 0 Å². The van der Waals surface area contributed by atoms with Crippen LogP contribution in [0.4, 0.5) is 15.2 Å². The number of methoxy groups -OCH3 is 1. The van der Waals surface area contributed by atoms with Gasteiger partial charge >= 0.3 is 5.97 Å². The molecule has 0 spiro atoms. The summed E-state index contributed by atoms with van der Waals surface area (Å²) in [6.07, 6.45) is 0. The minimum absolute atomic E-state index is 0.281. The maximum atomic E-state index is 12.9. The molecule has 0 aliphatic carbocycles. The molecule has 1 aromatic heterocycles. The topological polar surface area (TPSA) is 42.4 Å². The van der Waals surface area contributed by atoms with E-state index in [9.17, 15) is 9.18 Å². The second-order valence-corrected chi connectivity index (χ2v) is 4.56. The highest BCUT2D eigenvalue weighted by molar-refractivity contribution is 7.14. The number of ether oxygens (including phenoxy) is 1. The minimum Gasteiger partial charge on any atom is -0.464 e. The molecule has 2 aromatic rings. The van der Waals surface area contributed by atoms with Crippen molar-refractivity contribution in [1.29, 1.82) is 0 Å². The summed E-state index contributed by atoms with van der Waals surface area (Å²) in [4.78, 5) is 17.5. The van der Waals surface area contributed by atoms with E-state index in [0.717, 1.165) is 5.69 Å². The highest BCUT2D eigenvalue weighted by Gasteiger charge is 2.15. The lowest BCUT2D eigenvalue weighted by molar-refractivity contribution is 0.0595. The number of benzene rings is 1. The van der Waals surface area contributed by atoms with Gasteiger partial charge in [0.15, 0.2) is 10.8 Å². The van der Waals surface area contributed by atoms with Crippen molar-refractivity contribution in [2.24, 2.45) is 0 Å². The van der Waals surface area contributed by atoms with Gasteiger partial charge in [-0.25, -0.2) is 14.2 Å². The fraction of sp³-hybridized carbons (Fsp3) is 0.231. The molecule has 2 rings (SSSR count). The largest absolute Gasteiger partial charge is 0.464 e. The van der Waals surface area contributed by atoms with Crippen LogP contribution in [0.15, 0.2) is 29.6 Å². The van der Waals surface area contributed by atoms with Crippen LogP contribution in [-0.4, -0.2) is 24.6 Å². The minimum atomic E-state index is -0.461. The first-order valence-electron chi connectivity index (χ1n) is 5.72. The lowest BCUT2D eigenvalue weighted by Gasteiger charge is -2.19. The molecule has 0 saturated heterocycles. The van der Waals surface area contributed by atoms with Crippen LogP contribution in [0.2, 0.25) is 0 Å². The van der Waals surface area contributed by atoms with Crippen LogP contribution in [-0.2, 0) is 4.74 Å². The first-order chi connectivity index (χ1) is 9.15. The SMILES string of the molecule is CCN(c1ccc(F)cc1)c1nc(C(=O)OC)cs1. The van der Waals surface area contributed by atoms with Crippen LogP contribution in [0, 0.1) is 5.82 Å². The molecule has 100 valence electrons. The van der Waals surface area contributed by atoms with E-state index < -0.39 is 5.97 Å². The first kappa shape index (κ1) is 13.5. The third-order valence-electron chi connectivity index (χ3n) is 2.57. The van der Waals surface area contributed by atoms with Gasteiger partial charge in [0.05, 0.1) is 7.11 Å². The Morgan fingerprint density at radius 1 is 1.42 bits per heavy atom. The molecule has 0 unspecified atom stereocenters. The average molecular weight is 280 g/mol. The van der Waals surface area contributed by atoms with Crippen LogP contribution >= 0.6 is 11.3 Å². The van der Waals surface area contributed by atoms with Gasteiger partial charge in [0.25, 0.3) is 0 Å². The number of aromatic nitrogens is 1. The van der Waals surface area contributed by atoms with Gasteiger partial charge in [-0.3, -0.25) is 0 Å². The van der Waals surface area contributed by atoms with Crippen LogP contribution in [0.25, 0.3) is 0 Å². The third kappa shape index (κ3) is 2.90. The van der Waals surface area contributed by atoms with E-state index in [-0.39, 0.29) is 11.5 Å². The Hall–Kier alpha value is -1.95. The highest BCUT2D eigenvalue weighted by Crippen LogP contribution is 2.28. The van der Waals surface area contributed by atoms with Crippen molar-refractivity contribution in [2.75, 3.05) is 18.6 Å². The van der Waals surface area contributed by atoms with E-state index in [1.807, 2.05) is 11.8 Å². The van der Waals surface area contributed by atoms with Crippen molar-refractivity contribution in [3.05, 3.63) is 41.2 Å². The molecule has 0 amide bonds. The Morgan fingerprint density at radius 2 is 2.11 bits per heavy atom. The van der Waals surface area contributed by atoms with Crippen molar-refractivity contribution < 1.29 is 13.9 Å². The number of hydrogen-bond acceptors (Lipinski definition) is 5. The number of anilines is 2. The Morgan fingerprint density at radius 3 is 2.68 bits per heavy atom. The normalized spacial score (nSPS) is 10.3. The van der Waals surface area contributed by atoms with Crippen LogP contribution in [0.5, 0.6) is 0 Å². The molecule has 4 nitrogen and oxygen atoms in total. The van der Waals surface area contributed by atoms with Gasteiger partial charge in [-0.1, -0.05) is 0 Å². The first-order valence-corrected chi connectivity index (χ1v) is 6.60. The average Bonchev–Trinajstić information content (AvgIpc) is 2.90. The number of thiazole rings is 1. The molecule has 1 aromatic carbocycles. The molecule has 0 saturated carbocycles. The number of halogens is 1. The van der Waals surface area contributed by atoms with Gasteiger partial charge in [0, 0.05) is 17.6 Å². The number of rotatable bonds is 4. The number of carbonyl (C=O) groups excluding carboxylic acids is 1. The summed E-state index contributed by atoms with van der Waals surface area (Å²) in [7, 11) is 1.32. The zero-order chi connectivity index (χ0) is 13.8. The summed E-state index contributed by atoms with van der Waals surface area (Å²) in [5, 5.41) is 2.32. The van der Waals surface area contributed by atoms with Crippen molar-refractivity contribution >= 4 is 28.1 Å². The Bertz CT molecular complexity index is 568. The maximum absolute atomic E-state index is 12.9. The molecular weight excluding hydrogens is 267 g/mol. The van der Waals surface area contributed by atoms with E-state index in [1.54, 1.807) is 17.5 Å². The predicted octanol–water partition coefficient (Wildman–Crippen LogP) is 3.23. The van der Waals surface area contributed by atoms with Crippen molar-refractivity contribution in [2.45, 2.75) is 6.92 Å². The van der Waals surface area contributed by atoms with E-state index in [0.29, 0.717) is 11.7 Å². The lowest BCUT2D eigenvalue weighted by atomic mass is 10.3. The predicted molar refractivity (Wildman–Crippen MR) is 72.5 cm³/mol. The Labute approximate surface area is 114 Å². The number of carbonyl (C=O) groups is 1. The van der Waals surface area contributed by atoms with Crippen LogP contribution < -0.4 is 4.90 Å². The van der Waals surface area contributed by atoms with E-state index in [1.165, 1.54) is 30.6 Å². The van der Waals surface area contributed by atoms with E-state index in [2.05, 4.69) is 9.72 Å². The van der Waals surface area contributed by atoms with Gasteiger partial charge in [-0.15, -0.1) is 11.3 Å². The van der Waals surface area contributed by atoms with Gasteiger partial charge in [0.2, 0.25) is 0 Å². The molecule has 6 heteroatoms. The van der Waals surface area contributed by atoms with Crippen molar-refractivity contribution in [3.8, 4) is 0 Å². The Kier molecular flexibility index (Phi) is 4.11. The van der Waals surface area contributed by atoms with Crippen molar-refractivity contribution in [3.63, 3.8) is 0 Å². The van der Waals surface area contributed by atoms with E-state index in [4.69, 9.17) is 0 Å². The summed E-state index contributed by atoms with van der Waals surface area (Å²) in [6.45, 7) is 2.63. The smallest absolute Gasteiger partial charge is 0.357 e. The number of nitrogens with zero attached hydrogens (tertiary/aromatic N) is 2. The van der Waals surface area contributed by atoms with Crippen LogP contribution in [0.3, 0.4) is 0 Å². The summed E-state index contributed by atoms with van der Waals surface area (Å²) < 4.78 is 17.5. The molecule has 0 aliphatic heterocycles. The quantitative estimate of drug-likeness (QED) is 0.806. The standard InChI is InChI=1S/C13H13FN2O2S/c1-3-16(10-6-4-9(14)5-7-10)13-15-11(8-19-13)12(17)18-2/h4-8H,3H2,1-2H3. The van der Waals surface area contributed by atoms with Crippen molar-refractivity contribution in [1.82, 2.24) is 4.98 Å². The van der Waals surface area contributed by atoms with Gasteiger partial charge < -0.3 is 9.64 Å². The summed E-state index contributed by atoms with van der Waals surface area (Å²) in [5.74, 6) is -0.744. The molecular formula is C13H13FN2O2S. The summed E-state index contributed by atoms with van der Waals surface area (Å²) >= 11 is 1.35. The number of hydrogen-bond donors (Lipinski definition) is 0. The fourth-order valence-corrected chi connectivity index (χ4v) is 2.51. The second-order valence-electron chi connectivity index (χ2n) is 3.73. The third-order valence-corrected chi connectivity index (χ3v) is 3.44. The monoisotopic (exact) mass is 280 g/mol. The number of esters is 1. The maximum Gasteiger partial charge on any atom is 0.357 e. The van der Waals surface area contributed by atoms with Gasteiger partial charge in [0.1, 0.15) is 5.82 Å². The van der Waals surface area contributed by atoms with E-state index >= 15 is 0 Å². The molecule has 0 aliphatic rings. The summed E-state index contributed by atoms with van der Waals surface area (Å²) in [5.41, 5.74) is 1.11. The molecule has 0 atom stereocenters. The van der Waals surface area contributed by atoms with Crippen LogP contribution in [0.1, 0.15) is 17.4 Å². The second kappa shape index (κ2) is 5.79. The fourth-order valence-electron chi connectivity index (χ4n) is 1.64. The Balaban J connectivity index is 2.29. The van der Waals surface area contributed by atoms with Gasteiger partial charge in [-0.05, 0) is 31.2 Å². The molecule has 0 bridgehead atoms. The molecule has 19 heavy (non-hydrogen) atoms.